The van der Waals surface area contributed by atoms with Crippen LogP contribution in [0.5, 0.6) is 0 Å². The first kappa shape index (κ1) is 20.4. The summed E-state index contributed by atoms with van der Waals surface area (Å²) < 4.78 is 25.9. The largest absolute Gasteiger partial charge is 0.463 e. The van der Waals surface area contributed by atoms with E-state index >= 15 is 0 Å². The Balaban J connectivity index is 3.11. The molecule has 0 aliphatic carbocycles. The molecule has 0 spiro atoms. The Labute approximate surface area is 147 Å². The van der Waals surface area contributed by atoms with Crippen molar-refractivity contribution < 1.29 is 42.9 Å². The minimum absolute atomic E-state index is 0.236. The van der Waals surface area contributed by atoms with E-state index in [-0.39, 0.29) is 6.61 Å². The molecule has 1 aliphatic heterocycles. The van der Waals surface area contributed by atoms with Crippen molar-refractivity contribution in [1.82, 2.24) is 0 Å². The van der Waals surface area contributed by atoms with E-state index in [4.69, 9.17) is 23.7 Å². The summed E-state index contributed by atoms with van der Waals surface area (Å²) in [5, 5.41) is -0.863. The molecule has 1 aliphatic rings. The second-order valence-corrected chi connectivity index (χ2v) is 5.95. The minimum atomic E-state index is -1.13. The second-order valence-electron chi connectivity index (χ2n) is 5.05. The zero-order valence-electron chi connectivity index (χ0n) is 13.6. The van der Waals surface area contributed by atoms with Gasteiger partial charge in [0.25, 0.3) is 0 Å². The summed E-state index contributed by atoms with van der Waals surface area (Å²) in [5.74, 6) is -2.52. The SMILES string of the molecule is CC(=O)OCC1O[C@H](Br)[C@@H](OC(C)=O)C(OC(C)=O)[C@@H]1OC(C)=O. The monoisotopic (exact) mass is 410 g/mol. The third kappa shape index (κ3) is 6.08. The predicted octanol–water partition coefficient (Wildman–Crippen LogP) is 0.464. The van der Waals surface area contributed by atoms with Crippen molar-refractivity contribution in [3.63, 3.8) is 0 Å². The maximum atomic E-state index is 11.4. The van der Waals surface area contributed by atoms with Crippen LogP contribution in [-0.2, 0) is 42.9 Å². The number of hydrogen-bond donors (Lipinski definition) is 0. The molecule has 1 rings (SSSR count). The normalized spacial score (nSPS) is 29.3. The molecule has 1 heterocycles. The molecule has 0 saturated carbocycles. The lowest BCUT2D eigenvalue weighted by Gasteiger charge is -2.42. The summed E-state index contributed by atoms with van der Waals surface area (Å²) in [7, 11) is 0. The maximum absolute atomic E-state index is 11.4. The number of hydrogen-bond acceptors (Lipinski definition) is 9. The maximum Gasteiger partial charge on any atom is 0.303 e. The van der Waals surface area contributed by atoms with Crippen molar-refractivity contribution in [1.29, 1.82) is 0 Å². The van der Waals surface area contributed by atoms with E-state index in [1.165, 1.54) is 13.8 Å². The van der Waals surface area contributed by atoms with Crippen molar-refractivity contribution in [3.05, 3.63) is 0 Å². The molecular formula is C14H19BrO9. The Morgan fingerprint density at radius 3 is 1.71 bits per heavy atom. The molecule has 0 bridgehead atoms. The molecule has 136 valence electrons. The molecule has 0 aromatic heterocycles. The van der Waals surface area contributed by atoms with E-state index in [1.54, 1.807) is 0 Å². The van der Waals surface area contributed by atoms with Crippen molar-refractivity contribution >= 4 is 39.8 Å². The van der Waals surface area contributed by atoms with Crippen molar-refractivity contribution in [2.24, 2.45) is 0 Å². The quantitative estimate of drug-likeness (QED) is 0.362. The molecule has 10 heteroatoms. The first-order valence-corrected chi connectivity index (χ1v) is 7.98. The molecule has 0 radical (unpaired) electrons. The number of carbonyl (C=O) groups excluding carboxylic acids is 4. The third-order valence-electron chi connectivity index (χ3n) is 2.93. The van der Waals surface area contributed by atoms with E-state index in [1.807, 2.05) is 0 Å². The Kier molecular flexibility index (Phi) is 7.61. The summed E-state index contributed by atoms with van der Waals surface area (Å²) in [4.78, 5) is 45.1. The van der Waals surface area contributed by atoms with Gasteiger partial charge in [-0.05, 0) is 0 Å². The summed E-state index contributed by atoms with van der Waals surface area (Å²) in [6.07, 6.45) is -4.22. The number of esters is 4. The highest BCUT2D eigenvalue weighted by Gasteiger charge is 2.51. The Bertz CT molecular complexity index is 506. The van der Waals surface area contributed by atoms with Gasteiger partial charge in [-0.25, -0.2) is 0 Å². The molecule has 0 N–H and O–H groups in total. The smallest absolute Gasteiger partial charge is 0.303 e. The van der Waals surface area contributed by atoms with Crippen LogP contribution in [0.15, 0.2) is 0 Å². The fourth-order valence-corrected chi connectivity index (χ4v) is 2.86. The molecule has 0 aromatic carbocycles. The number of ether oxygens (including phenoxy) is 5. The van der Waals surface area contributed by atoms with Crippen LogP contribution in [0, 0.1) is 0 Å². The average molecular weight is 411 g/mol. The van der Waals surface area contributed by atoms with Gasteiger partial charge < -0.3 is 23.7 Å². The van der Waals surface area contributed by atoms with Gasteiger partial charge in [0.1, 0.15) is 12.7 Å². The first-order valence-electron chi connectivity index (χ1n) is 7.06. The van der Waals surface area contributed by atoms with E-state index in [2.05, 4.69) is 15.9 Å². The highest BCUT2D eigenvalue weighted by molar-refractivity contribution is 9.09. The molecule has 0 amide bonds. The van der Waals surface area contributed by atoms with Gasteiger partial charge in [-0.15, -0.1) is 0 Å². The van der Waals surface area contributed by atoms with Crippen LogP contribution in [0.4, 0.5) is 0 Å². The Hall–Kier alpha value is -1.68. The van der Waals surface area contributed by atoms with Gasteiger partial charge in [-0.2, -0.15) is 0 Å². The lowest BCUT2D eigenvalue weighted by atomic mass is 9.99. The Morgan fingerprint density at radius 1 is 0.792 bits per heavy atom. The molecule has 1 saturated heterocycles. The molecule has 1 fully saturated rings. The van der Waals surface area contributed by atoms with Gasteiger partial charge in [0.2, 0.25) is 0 Å². The van der Waals surface area contributed by atoms with E-state index in [9.17, 15) is 19.2 Å². The van der Waals surface area contributed by atoms with Crippen molar-refractivity contribution in [2.45, 2.75) is 57.1 Å². The van der Waals surface area contributed by atoms with Gasteiger partial charge in [0.05, 0.1) is 0 Å². The highest BCUT2D eigenvalue weighted by atomic mass is 79.9. The molecular weight excluding hydrogens is 392 g/mol. The highest BCUT2D eigenvalue weighted by Crippen LogP contribution is 2.31. The first-order chi connectivity index (χ1) is 11.1. The van der Waals surface area contributed by atoms with Gasteiger partial charge in [-0.3, -0.25) is 19.2 Å². The topological polar surface area (TPSA) is 114 Å². The fourth-order valence-electron chi connectivity index (χ4n) is 2.18. The molecule has 0 aromatic rings. The van der Waals surface area contributed by atoms with Crippen LogP contribution in [-0.4, -0.2) is 59.9 Å². The number of carbonyl (C=O) groups is 4. The van der Waals surface area contributed by atoms with Crippen molar-refractivity contribution in [3.8, 4) is 0 Å². The van der Waals surface area contributed by atoms with Gasteiger partial charge in [-0.1, -0.05) is 15.9 Å². The molecule has 24 heavy (non-hydrogen) atoms. The minimum Gasteiger partial charge on any atom is -0.463 e. The third-order valence-corrected chi connectivity index (χ3v) is 3.67. The molecule has 9 nitrogen and oxygen atoms in total. The zero-order chi connectivity index (χ0) is 18.4. The number of halogens is 1. The van der Waals surface area contributed by atoms with Crippen LogP contribution >= 0.6 is 15.9 Å². The lowest BCUT2D eigenvalue weighted by molar-refractivity contribution is -0.236. The molecule has 5 atom stereocenters. The number of alkyl halides is 1. The second kappa shape index (κ2) is 8.97. The van der Waals surface area contributed by atoms with Gasteiger partial charge >= 0.3 is 23.9 Å². The predicted molar refractivity (Wildman–Crippen MR) is 80.9 cm³/mol. The summed E-state index contributed by atoms with van der Waals surface area (Å²) in [6.45, 7) is 4.47. The zero-order valence-corrected chi connectivity index (χ0v) is 15.2. The fraction of sp³-hybridized carbons (Fsp3) is 0.714. The summed E-state index contributed by atoms with van der Waals surface area (Å²) >= 11 is 3.18. The van der Waals surface area contributed by atoms with Crippen LogP contribution in [0.25, 0.3) is 0 Å². The standard InChI is InChI=1S/C14H19BrO9/c1-6(16)20-5-10-11(21-7(2)17)12(22-8(3)18)13(14(15)24-10)23-9(4)19/h10-14H,5H2,1-4H3/t10?,11-,12?,13+,14+/m1/s1. The average Bonchev–Trinajstić information content (AvgIpc) is 2.42. The van der Waals surface area contributed by atoms with Crippen molar-refractivity contribution in [2.75, 3.05) is 6.61 Å². The lowest BCUT2D eigenvalue weighted by Crippen LogP contribution is -2.60. The van der Waals surface area contributed by atoms with E-state index in [0.29, 0.717) is 0 Å². The van der Waals surface area contributed by atoms with E-state index in [0.717, 1.165) is 13.8 Å². The summed E-state index contributed by atoms with van der Waals surface area (Å²) in [5.41, 5.74) is 0. The van der Waals surface area contributed by atoms with Gasteiger partial charge in [0, 0.05) is 27.7 Å². The summed E-state index contributed by atoms with van der Waals surface area (Å²) in [6, 6.07) is 0. The van der Waals surface area contributed by atoms with Crippen LogP contribution in [0.2, 0.25) is 0 Å². The van der Waals surface area contributed by atoms with E-state index < -0.39 is 53.3 Å². The number of rotatable bonds is 5. The van der Waals surface area contributed by atoms with Crippen LogP contribution in [0.3, 0.4) is 0 Å². The van der Waals surface area contributed by atoms with Crippen LogP contribution < -0.4 is 0 Å². The Morgan fingerprint density at radius 2 is 1.25 bits per heavy atom. The van der Waals surface area contributed by atoms with Gasteiger partial charge in [0.15, 0.2) is 23.3 Å². The van der Waals surface area contributed by atoms with Crippen LogP contribution in [0.1, 0.15) is 27.7 Å². The molecule has 2 unspecified atom stereocenters.